The Labute approximate surface area is 116 Å². The van der Waals surface area contributed by atoms with Crippen LogP contribution < -0.4 is 0 Å². The molecule has 2 atom stereocenters. The number of esters is 1. The van der Waals surface area contributed by atoms with Crippen LogP contribution in [0.1, 0.15) is 38.7 Å². The molecule has 92 valence electrons. The average molecular weight is 344 g/mol. The maximum atomic E-state index is 12.1. The molecule has 0 saturated heterocycles. The Kier molecular flexibility index (Phi) is 3.23. The number of carbonyl (C=O) groups excluding carboxylic acids is 1. The highest BCUT2D eigenvalue weighted by Gasteiger charge is 2.60. The van der Waals surface area contributed by atoms with Crippen LogP contribution in [0.5, 0.6) is 0 Å². The van der Waals surface area contributed by atoms with Gasteiger partial charge in [0, 0.05) is 5.92 Å². The maximum absolute atomic E-state index is 12.1. The van der Waals surface area contributed by atoms with Crippen molar-refractivity contribution < 1.29 is 9.53 Å². The van der Waals surface area contributed by atoms with Gasteiger partial charge in [-0.3, -0.25) is 4.79 Å². The van der Waals surface area contributed by atoms with Crippen molar-refractivity contribution in [1.82, 2.24) is 0 Å². The standard InChI is InChI=1S/C14H17IO2/c1-13(2,3)17-12(16)14(15)9-11(14)10-7-5-4-6-8-10/h4-8,11H,9H2,1-3H3/t11-,14-/m0/s1. The van der Waals surface area contributed by atoms with Crippen LogP contribution in [0, 0.1) is 0 Å². The summed E-state index contributed by atoms with van der Waals surface area (Å²) in [7, 11) is 0. The smallest absolute Gasteiger partial charge is 0.323 e. The zero-order chi connectivity index (χ0) is 12.7. The van der Waals surface area contributed by atoms with Crippen molar-refractivity contribution in [3.8, 4) is 0 Å². The molecule has 1 saturated carbocycles. The largest absolute Gasteiger partial charge is 0.459 e. The van der Waals surface area contributed by atoms with Crippen LogP contribution >= 0.6 is 22.6 Å². The van der Waals surface area contributed by atoms with Gasteiger partial charge in [-0.2, -0.15) is 0 Å². The summed E-state index contributed by atoms with van der Waals surface area (Å²) in [6.07, 6.45) is 0.881. The number of benzene rings is 1. The fourth-order valence-electron chi connectivity index (χ4n) is 1.89. The number of hydrogen-bond acceptors (Lipinski definition) is 2. The molecule has 0 amide bonds. The first-order valence-electron chi connectivity index (χ1n) is 5.80. The van der Waals surface area contributed by atoms with Crippen LogP contribution in [0.15, 0.2) is 30.3 Å². The molecule has 1 fully saturated rings. The lowest BCUT2D eigenvalue weighted by Crippen LogP contribution is -2.30. The molecular formula is C14H17IO2. The normalized spacial score (nSPS) is 27.6. The molecule has 1 aliphatic rings. The van der Waals surface area contributed by atoms with Gasteiger partial charge in [0.1, 0.15) is 9.02 Å². The third-order valence-corrected chi connectivity index (χ3v) is 4.47. The van der Waals surface area contributed by atoms with Crippen molar-refractivity contribution in [2.45, 2.75) is 42.1 Å². The zero-order valence-corrected chi connectivity index (χ0v) is 12.5. The van der Waals surface area contributed by atoms with Gasteiger partial charge in [0.25, 0.3) is 0 Å². The first-order chi connectivity index (χ1) is 7.83. The third kappa shape index (κ3) is 2.81. The maximum Gasteiger partial charge on any atom is 0.323 e. The van der Waals surface area contributed by atoms with E-state index in [2.05, 4.69) is 34.7 Å². The Morgan fingerprint density at radius 3 is 2.47 bits per heavy atom. The van der Waals surface area contributed by atoms with E-state index in [9.17, 15) is 4.79 Å². The Balaban J connectivity index is 2.07. The van der Waals surface area contributed by atoms with Crippen molar-refractivity contribution in [2.75, 3.05) is 0 Å². The predicted molar refractivity (Wildman–Crippen MR) is 76.4 cm³/mol. The number of rotatable bonds is 2. The van der Waals surface area contributed by atoms with E-state index in [4.69, 9.17) is 4.74 Å². The van der Waals surface area contributed by atoms with Gasteiger partial charge < -0.3 is 4.74 Å². The summed E-state index contributed by atoms with van der Waals surface area (Å²) in [6.45, 7) is 5.72. The highest BCUT2D eigenvalue weighted by molar-refractivity contribution is 14.1. The second-order valence-corrected chi connectivity index (χ2v) is 7.46. The molecule has 0 N–H and O–H groups in total. The van der Waals surface area contributed by atoms with E-state index in [0.717, 1.165) is 6.42 Å². The Morgan fingerprint density at radius 2 is 1.94 bits per heavy atom. The highest BCUT2D eigenvalue weighted by atomic mass is 127. The van der Waals surface area contributed by atoms with E-state index in [1.54, 1.807) is 0 Å². The van der Waals surface area contributed by atoms with Gasteiger partial charge in [-0.15, -0.1) is 0 Å². The zero-order valence-electron chi connectivity index (χ0n) is 10.4. The third-order valence-electron chi connectivity index (χ3n) is 2.83. The molecular weight excluding hydrogens is 327 g/mol. The topological polar surface area (TPSA) is 26.3 Å². The second-order valence-electron chi connectivity index (χ2n) is 5.53. The number of alkyl halides is 1. The lowest BCUT2D eigenvalue weighted by molar-refractivity contribution is -0.154. The summed E-state index contributed by atoms with van der Waals surface area (Å²) in [5, 5.41) is 0. The van der Waals surface area contributed by atoms with Crippen molar-refractivity contribution in [3.63, 3.8) is 0 Å². The highest BCUT2D eigenvalue weighted by Crippen LogP contribution is 2.59. The van der Waals surface area contributed by atoms with Crippen LogP contribution in [0.3, 0.4) is 0 Å². The van der Waals surface area contributed by atoms with Crippen molar-refractivity contribution in [1.29, 1.82) is 0 Å². The molecule has 1 aliphatic carbocycles. The molecule has 0 aromatic heterocycles. The van der Waals surface area contributed by atoms with Crippen LogP contribution in [0.25, 0.3) is 0 Å². The average Bonchev–Trinajstić information content (AvgIpc) is 2.91. The van der Waals surface area contributed by atoms with E-state index in [1.165, 1.54) is 5.56 Å². The summed E-state index contributed by atoms with van der Waals surface area (Å²) in [6, 6.07) is 10.2. The van der Waals surface area contributed by atoms with Crippen LogP contribution in [0.2, 0.25) is 0 Å². The molecule has 3 heteroatoms. The first-order valence-corrected chi connectivity index (χ1v) is 6.88. The van der Waals surface area contributed by atoms with Gasteiger partial charge in [0.15, 0.2) is 0 Å². The molecule has 0 bridgehead atoms. The van der Waals surface area contributed by atoms with Gasteiger partial charge in [0.2, 0.25) is 0 Å². The Bertz CT molecular complexity index is 422. The number of ether oxygens (including phenoxy) is 1. The number of hydrogen-bond donors (Lipinski definition) is 0. The molecule has 1 aromatic carbocycles. The van der Waals surface area contributed by atoms with E-state index in [0.29, 0.717) is 5.92 Å². The van der Waals surface area contributed by atoms with Gasteiger partial charge in [-0.25, -0.2) is 0 Å². The second kappa shape index (κ2) is 4.26. The minimum Gasteiger partial charge on any atom is -0.459 e. The number of halogens is 1. The van der Waals surface area contributed by atoms with E-state index < -0.39 is 5.60 Å². The molecule has 0 heterocycles. The van der Waals surface area contributed by atoms with Crippen molar-refractivity contribution in [2.24, 2.45) is 0 Å². The van der Waals surface area contributed by atoms with Crippen LogP contribution in [-0.4, -0.2) is 15.0 Å². The number of carbonyl (C=O) groups is 1. The summed E-state index contributed by atoms with van der Waals surface area (Å²) in [4.78, 5) is 12.1. The molecule has 1 aromatic rings. The first kappa shape index (κ1) is 12.9. The van der Waals surface area contributed by atoms with Crippen molar-refractivity contribution in [3.05, 3.63) is 35.9 Å². The molecule has 2 rings (SSSR count). The fourth-order valence-corrected chi connectivity index (χ4v) is 2.80. The molecule has 0 spiro atoms. The minimum absolute atomic E-state index is 0.0838. The van der Waals surface area contributed by atoms with Gasteiger partial charge in [-0.05, 0) is 32.8 Å². The lowest BCUT2D eigenvalue weighted by Gasteiger charge is -2.22. The monoisotopic (exact) mass is 344 g/mol. The summed E-state index contributed by atoms with van der Waals surface area (Å²) in [5.74, 6) is 0.221. The van der Waals surface area contributed by atoms with E-state index in [1.807, 2.05) is 39.0 Å². The van der Waals surface area contributed by atoms with Gasteiger partial charge in [-0.1, -0.05) is 52.9 Å². The molecule has 0 radical (unpaired) electrons. The molecule has 0 aliphatic heterocycles. The summed E-state index contributed by atoms with van der Waals surface area (Å²) < 4.78 is 5.12. The van der Waals surface area contributed by atoms with Crippen LogP contribution in [0.4, 0.5) is 0 Å². The lowest BCUT2D eigenvalue weighted by atomic mass is 10.1. The van der Waals surface area contributed by atoms with Gasteiger partial charge in [0.05, 0.1) is 0 Å². The van der Waals surface area contributed by atoms with Crippen LogP contribution in [-0.2, 0) is 9.53 Å². The van der Waals surface area contributed by atoms with E-state index >= 15 is 0 Å². The minimum atomic E-state index is -0.404. The van der Waals surface area contributed by atoms with Crippen molar-refractivity contribution >= 4 is 28.6 Å². The Morgan fingerprint density at radius 1 is 1.35 bits per heavy atom. The molecule has 17 heavy (non-hydrogen) atoms. The quantitative estimate of drug-likeness (QED) is 0.465. The summed E-state index contributed by atoms with van der Waals surface area (Å²) >= 11 is 2.24. The fraction of sp³-hybridized carbons (Fsp3) is 0.500. The van der Waals surface area contributed by atoms with Gasteiger partial charge >= 0.3 is 5.97 Å². The predicted octanol–water partition coefficient (Wildman–Crippen LogP) is 3.69. The Hall–Kier alpha value is -0.580. The summed E-state index contributed by atoms with van der Waals surface area (Å²) in [5.41, 5.74) is 0.826. The molecule has 2 nitrogen and oxygen atoms in total. The SMILES string of the molecule is CC(C)(C)OC(=O)[C@]1(I)C[C@H]1c1ccccc1. The molecule has 0 unspecified atom stereocenters. The van der Waals surface area contributed by atoms with E-state index in [-0.39, 0.29) is 9.39 Å².